The van der Waals surface area contributed by atoms with Crippen molar-refractivity contribution in [2.75, 3.05) is 53.0 Å². The Morgan fingerprint density at radius 3 is 2.50 bits per heavy atom. The van der Waals surface area contributed by atoms with Gasteiger partial charge in [0.1, 0.15) is 0 Å². The highest BCUT2D eigenvalue weighted by atomic mass is 16.5. The first-order valence-corrected chi connectivity index (χ1v) is 9.48. The summed E-state index contributed by atoms with van der Waals surface area (Å²) in [7, 11) is 1.85. The Kier molecular flexibility index (Phi) is 7.78. The fourth-order valence-corrected chi connectivity index (χ4v) is 3.36. The molecule has 0 aromatic carbocycles. The summed E-state index contributed by atoms with van der Waals surface area (Å²) in [6, 6.07) is 0.530. The molecular weight excluding hydrogens is 302 g/mol. The molecule has 1 atom stereocenters. The van der Waals surface area contributed by atoms with Crippen LogP contribution in [0.3, 0.4) is 0 Å². The SMILES string of the molecule is CN=C(NCCNC(C)(C)C)NC1CCN(CC2CCOC2)CC1. The minimum Gasteiger partial charge on any atom is -0.381 e. The molecule has 0 aliphatic carbocycles. The van der Waals surface area contributed by atoms with Crippen LogP contribution in [0.1, 0.15) is 40.0 Å². The second-order valence-electron chi connectivity index (χ2n) is 8.12. The third-order valence-corrected chi connectivity index (χ3v) is 4.77. The van der Waals surface area contributed by atoms with Crippen LogP contribution in [0.2, 0.25) is 0 Å². The average Bonchev–Trinajstić information content (AvgIpc) is 3.04. The van der Waals surface area contributed by atoms with Gasteiger partial charge in [-0.15, -0.1) is 0 Å². The van der Waals surface area contributed by atoms with Gasteiger partial charge in [0.15, 0.2) is 5.96 Å². The molecule has 6 nitrogen and oxygen atoms in total. The van der Waals surface area contributed by atoms with Gasteiger partial charge in [0, 0.05) is 58.0 Å². The molecule has 2 heterocycles. The summed E-state index contributed by atoms with van der Waals surface area (Å²) >= 11 is 0. The molecule has 2 aliphatic rings. The molecule has 0 aromatic rings. The molecule has 0 radical (unpaired) electrons. The van der Waals surface area contributed by atoms with Gasteiger partial charge in [-0.25, -0.2) is 0 Å². The maximum absolute atomic E-state index is 5.49. The van der Waals surface area contributed by atoms with E-state index < -0.39 is 0 Å². The minimum absolute atomic E-state index is 0.163. The van der Waals surface area contributed by atoms with Crippen LogP contribution in [0.4, 0.5) is 0 Å². The molecule has 0 bridgehead atoms. The molecule has 1 unspecified atom stereocenters. The molecule has 2 fully saturated rings. The second-order valence-corrected chi connectivity index (χ2v) is 8.12. The lowest BCUT2D eigenvalue weighted by Crippen LogP contribution is -2.50. The van der Waals surface area contributed by atoms with Gasteiger partial charge < -0.3 is 25.6 Å². The first-order valence-electron chi connectivity index (χ1n) is 9.48. The molecule has 0 aromatic heterocycles. The van der Waals surface area contributed by atoms with E-state index in [2.05, 4.69) is 46.6 Å². The predicted molar refractivity (Wildman–Crippen MR) is 101 cm³/mol. The molecule has 3 N–H and O–H groups in total. The van der Waals surface area contributed by atoms with Gasteiger partial charge in [0.25, 0.3) is 0 Å². The van der Waals surface area contributed by atoms with E-state index in [0.717, 1.165) is 38.2 Å². The number of hydrogen-bond donors (Lipinski definition) is 3. The van der Waals surface area contributed by atoms with E-state index in [-0.39, 0.29) is 5.54 Å². The van der Waals surface area contributed by atoms with Crippen molar-refractivity contribution in [3.8, 4) is 0 Å². The number of piperidine rings is 1. The van der Waals surface area contributed by atoms with Crippen molar-refractivity contribution in [3.63, 3.8) is 0 Å². The third-order valence-electron chi connectivity index (χ3n) is 4.77. The van der Waals surface area contributed by atoms with Gasteiger partial charge in [-0.05, 0) is 46.0 Å². The highest BCUT2D eigenvalue weighted by Crippen LogP contribution is 2.17. The van der Waals surface area contributed by atoms with Crippen LogP contribution in [0.15, 0.2) is 4.99 Å². The number of guanidine groups is 1. The zero-order chi connectivity index (χ0) is 17.4. The zero-order valence-electron chi connectivity index (χ0n) is 16.0. The summed E-state index contributed by atoms with van der Waals surface area (Å²) < 4.78 is 5.49. The molecule has 24 heavy (non-hydrogen) atoms. The van der Waals surface area contributed by atoms with Crippen LogP contribution in [0.5, 0.6) is 0 Å². The van der Waals surface area contributed by atoms with Crippen molar-refractivity contribution >= 4 is 5.96 Å². The van der Waals surface area contributed by atoms with Crippen molar-refractivity contribution in [2.45, 2.75) is 51.6 Å². The molecule has 0 amide bonds. The second kappa shape index (κ2) is 9.59. The Morgan fingerprint density at radius 2 is 1.92 bits per heavy atom. The van der Waals surface area contributed by atoms with Crippen molar-refractivity contribution in [1.82, 2.24) is 20.9 Å². The van der Waals surface area contributed by atoms with Crippen molar-refractivity contribution in [1.29, 1.82) is 0 Å². The highest BCUT2D eigenvalue weighted by Gasteiger charge is 2.24. The average molecular weight is 340 g/mol. The molecule has 2 rings (SSSR count). The lowest BCUT2D eigenvalue weighted by atomic mass is 10.0. The van der Waals surface area contributed by atoms with E-state index in [4.69, 9.17) is 4.74 Å². The van der Waals surface area contributed by atoms with Crippen LogP contribution in [0.25, 0.3) is 0 Å². The normalized spacial score (nSPS) is 24.3. The molecule has 140 valence electrons. The number of ether oxygens (including phenoxy) is 1. The highest BCUT2D eigenvalue weighted by molar-refractivity contribution is 5.79. The number of likely N-dealkylation sites (tertiary alicyclic amines) is 1. The Labute approximate surface area is 147 Å². The van der Waals surface area contributed by atoms with Gasteiger partial charge in [0.05, 0.1) is 6.61 Å². The van der Waals surface area contributed by atoms with Crippen molar-refractivity contribution in [2.24, 2.45) is 10.9 Å². The Hall–Kier alpha value is -0.850. The lowest BCUT2D eigenvalue weighted by molar-refractivity contribution is 0.150. The Bertz CT molecular complexity index is 379. The van der Waals surface area contributed by atoms with E-state index >= 15 is 0 Å². The van der Waals surface area contributed by atoms with Crippen LogP contribution in [-0.4, -0.2) is 75.4 Å². The molecule has 0 saturated carbocycles. The Balaban J connectivity index is 1.60. The summed E-state index contributed by atoms with van der Waals surface area (Å²) in [6.45, 7) is 13.9. The molecule has 6 heteroatoms. The van der Waals surface area contributed by atoms with Gasteiger partial charge in [-0.2, -0.15) is 0 Å². The third kappa shape index (κ3) is 7.36. The summed E-state index contributed by atoms with van der Waals surface area (Å²) in [5.74, 6) is 1.67. The lowest BCUT2D eigenvalue weighted by Gasteiger charge is -2.34. The molecule has 2 aliphatic heterocycles. The molecule has 2 saturated heterocycles. The van der Waals surface area contributed by atoms with Crippen LogP contribution >= 0.6 is 0 Å². The fraction of sp³-hybridized carbons (Fsp3) is 0.944. The van der Waals surface area contributed by atoms with Crippen LogP contribution < -0.4 is 16.0 Å². The largest absolute Gasteiger partial charge is 0.381 e. The summed E-state index contributed by atoms with van der Waals surface area (Å²) in [5.41, 5.74) is 0.163. The van der Waals surface area contributed by atoms with Crippen LogP contribution in [-0.2, 0) is 4.74 Å². The van der Waals surface area contributed by atoms with Crippen LogP contribution in [0, 0.1) is 5.92 Å². The van der Waals surface area contributed by atoms with E-state index in [0.29, 0.717) is 6.04 Å². The number of nitrogens with zero attached hydrogens (tertiary/aromatic N) is 2. The van der Waals surface area contributed by atoms with Crippen molar-refractivity contribution < 1.29 is 4.74 Å². The quantitative estimate of drug-likeness (QED) is 0.383. The van der Waals surface area contributed by atoms with Gasteiger partial charge in [0.2, 0.25) is 0 Å². The zero-order valence-corrected chi connectivity index (χ0v) is 16.0. The first-order chi connectivity index (χ1) is 11.5. The summed E-state index contributed by atoms with van der Waals surface area (Å²) in [5, 5.41) is 10.5. The minimum atomic E-state index is 0.163. The van der Waals surface area contributed by atoms with E-state index in [9.17, 15) is 0 Å². The number of hydrogen-bond acceptors (Lipinski definition) is 4. The van der Waals surface area contributed by atoms with E-state index in [1.807, 2.05) is 7.05 Å². The van der Waals surface area contributed by atoms with Gasteiger partial charge in [-0.3, -0.25) is 4.99 Å². The van der Waals surface area contributed by atoms with E-state index in [1.165, 1.54) is 38.9 Å². The first kappa shape index (κ1) is 19.5. The van der Waals surface area contributed by atoms with Gasteiger partial charge >= 0.3 is 0 Å². The molecule has 0 spiro atoms. The van der Waals surface area contributed by atoms with E-state index in [1.54, 1.807) is 0 Å². The summed E-state index contributed by atoms with van der Waals surface area (Å²) in [4.78, 5) is 6.95. The number of rotatable bonds is 6. The number of nitrogens with one attached hydrogen (secondary N) is 3. The maximum Gasteiger partial charge on any atom is 0.191 e. The molecular formula is C18H37N5O. The maximum atomic E-state index is 5.49. The van der Waals surface area contributed by atoms with Gasteiger partial charge in [-0.1, -0.05) is 0 Å². The smallest absolute Gasteiger partial charge is 0.191 e. The predicted octanol–water partition coefficient (Wildman–Crippen LogP) is 1.04. The fourth-order valence-electron chi connectivity index (χ4n) is 3.36. The topological polar surface area (TPSA) is 60.9 Å². The van der Waals surface area contributed by atoms with Crippen molar-refractivity contribution in [3.05, 3.63) is 0 Å². The summed E-state index contributed by atoms with van der Waals surface area (Å²) in [6.07, 6.45) is 3.61. The standard InChI is InChI=1S/C18H37N5O/c1-18(2,3)21-9-8-20-17(19-4)22-16-5-10-23(11-6-16)13-15-7-12-24-14-15/h15-16,21H,5-14H2,1-4H3,(H2,19,20,22). The number of aliphatic imine (C=N–C) groups is 1. The Morgan fingerprint density at radius 1 is 1.17 bits per heavy atom. The monoisotopic (exact) mass is 339 g/mol.